The molecular weight excluding hydrogens is 606 g/mol. The maximum absolute atomic E-state index is 14.4. The lowest BCUT2D eigenvalue weighted by atomic mass is 9.58. The smallest absolute Gasteiger partial charge is 0.255 e. The highest BCUT2D eigenvalue weighted by Crippen LogP contribution is 2.54. The van der Waals surface area contributed by atoms with Gasteiger partial charge in [-0.1, -0.05) is 12.1 Å². The van der Waals surface area contributed by atoms with E-state index >= 15 is 0 Å². The summed E-state index contributed by atoms with van der Waals surface area (Å²) >= 11 is 0. The van der Waals surface area contributed by atoms with Crippen molar-refractivity contribution in [2.45, 2.75) is 24.5 Å². The van der Waals surface area contributed by atoms with Crippen molar-refractivity contribution >= 4 is 29.1 Å². The Kier molecular flexibility index (Phi) is 8.69. The van der Waals surface area contributed by atoms with E-state index in [4.69, 9.17) is 5.73 Å². The number of aliphatic hydroxyl groups excluding tert-OH is 2. The lowest BCUT2D eigenvalue weighted by Crippen LogP contribution is -2.63. The van der Waals surface area contributed by atoms with Crippen molar-refractivity contribution in [3.05, 3.63) is 69.7 Å². The van der Waals surface area contributed by atoms with Crippen molar-refractivity contribution in [3.8, 4) is 16.9 Å². The van der Waals surface area contributed by atoms with Crippen LogP contribution in [-0.2, 0) is 16.0 Å². The standard InChI is InChI=1S/C34H41N5O8/c1-37(2)11-10-36-33(46)17-9-7-8-16(12-17)19-15-22(38(3)4)20-13-18-14-21-26(39(5)6)29(42)25(32(35)45)31(44)34(21,47)30(43)23(18)28(41)24(20)27(19)40/h7-9,12,15,18,21,26,40,42-43,47H,10-11,13-14H2,1-6H3,(H2,35,45)(H,36,46)/t18-,21-,26-,34-/m0/s1. The number of nitrogens with two attached hydrogens (primary N) is 1. The molecule has 2 amide bonds. The molecule has 0 spiro atoms. The Bertz CT molecular complexity index is 1760. The molecule has 13 nitrogen and oxygen atoms in total. The molecule has 0 saturated heterocycles. The van der Waals surface area contributed by atoms with Crippen molar-refractivity contribution in [1.29, 1.82) is 0 Å². The number of aromatic hydroxyl groups is 1. The molecule has 0 radical (unpaired) electrons. The second-order valence-corrected chi connectivity index (χ2v) is 13.1. The van der Waals surface area contributed by atoms with E-state index < -0.39 is 58.0 Å². The number of amides is 2. The van der Waals surface area contributed by atoms with E-state index in [1.807, 2.05) is 19.0 Å². The molecule has 0 fully saturated rings. The maximum atomic E-state index is 14.4. The van der Waals surface area contributed by atoms with Crippen molar-refractivity contribution in [3.63, 3.8) is 0 Å². The summed E-state index contributed by atoms with van der Waals surface area (Å²) in [4.78, 5) is 58.3. The minimum atomic E-state index is -2.73. The number of phenolic OH excluding ortho intramolecular Hbond substituents is 1. The van der Waals surface area contributed by atoms with Crippen LogP contribution in [0, 0.1) is 11.8 Å². The summed E-state index contributed by atoms with van der Waals surface area (Å²) in [5.41, 5.74) is 3.70. The molecule has 0 aliphatic heterocycles. The number of fused-ring (bicyclic) bond motifs is 3. The van der Waals surface area contributed by atoms with Crippen LogP contribution >= 0.6 is 0 Å². The number of nitrogens with one attached hydrogen (secondary N) is 1. The first-order valence-corrected chi connectivity index (χ1v) is 15.3. The van der Waals surface area contributed by atoms with Crippen LogP contribution in [-0.4, -0.2) is 121 Å². The second kappa shape index (κ2) is 12.1. The number of phenols is 1. The predicted octanol–water partition coefficient (Wildman–Crippen LogP) is 1.15. The highest BCUT2D eigenvalue weighted by atomic mass is 16.3. The minimum absolute atomic E-state index is 0.00781. The maximum Gasteiger partial charge on any atom is 0.255 e. The number of primary amides is 1. The molecule has 47 heavy (non-hydrogen) atoms. The molecule has 0 unspecified atom stereocenters. The van der Waals surface area contributed by atoms with Crippen molar-refractivity contribution in [2.75, 3.05) is 60.3 Å². The van der Waals surface area contributed by atoms with Gasteiger partial charge in [0.15, 0.2) is 11.4 Å². The van der Waals surface area contributed by atoms with E-state index in [1.165, 1.54) is 4.90 Å². The van der Waals surface area contributed by atoms with Gasteiger partial charge in [-0.15, -0.1) is 0 Å². The Labute approximate surface area is 272 Å². The number of allylic oxidation sites excluding steroid dienone is 1. The fourth-order valence-corrected chi connectivity index (χ4v) is 7.24. The van der Waals surface area contributed by atoms with Crippen LogP contribution in [0.25, 0.3) is 11.1 Å². The number of Topliss-reactive ketones (excluding diaryl/α,β-unsaturated/α-hetero) is 2. The van der Waals surface area contributed by atoms with Gasteiger partial charge in [0.25, 0.3) is 11.8 Å². The number of hydrogen-bond acceptors (Lipinski definition) is 11. The first kappa shape index (κ1) is 33.6. The van der Waals surface area contributed by atoms with Gasteiger partial charge in [0.05, 0.1) is 11.6 Å². The lowest BCUT2D eigenvalue weighted by molar-refractivity contribution is -0.148. The molecule has 0 saturated carbocycles. The van der Waals surface area contributed by atoms with Crippen LogP contribution in [0.15, 0.2) is 53.0 Å². The largest absolute Gasteiger partial charge is 0.510 e. The summed E-state index contributed by atoms with van der Waals surface area (Å²) < 4.78 is 0. The van der Waals surface area contributed by atoms with Crippen LogP contribution in [0.5, 0.6) is 5.75 Å². The fraction of sp³-hybridized carbons (Fsp3) is 0.412. The van der Waals surface area contributed by atoms with E-state index in [-0.39, 0.29) is 41.2 Å². The van der Waals surface area contributed by atoms with Gasteiger partial charge >= 0.3 is 0 Å². The summed E-state index contributed by atoms with van der Waals surface area (Å²) in [6.45, 7) is 1.08. The molecule has 4 atom stereocenters. The third-order valence-corrected chi connectivity index (χ3v) is 9.46. The number of nitrogens with zero attached hydrogens (tertiary/aromatic N) is 3. The van der Waals surface area contributed by atoms with Gasteiger partial charge in [-0.25, -0.2) is 0 Å². The Morgan fingerprint density at radius 3 is 2.32 bits per heavy atom. The molecule has 3 aliphatic rings. The summed E-state index contributed by atoms with van der Waals surface area (Å²) in [5.74, 6) is -7.40. The molecule has 7 N–H and O–H groups in total. The van der Waals surface area contributed by atoms with Gasteiger partial charge in [-0.2, -0.15) is 0 Å². The van der Waals surface area contributed by atoms with Gasteiger partial charge in [0.2, 0.25) is 5.78 Å². The van der Waals surface area contributed by atoms with Gasteiger partial charge < -0.3 is 41.3 Å². The zero-order valence-corrected chi connectivity index (χ0v) is 27.3. The summed E-state index contributed by atoms with van der Waals surface area (Å²) in [6, 6.07) is 7.28. The van der Waals surface area contributed by atoms with Gasteiger partial charge in [0.1, 0.15) is 22.8 Å². The highest BCUT2D eigenvalue weighted by Gasteiger charge is 2.63. The SMILES string of the molecule is CN(C)CCNC(=O)c1cccc(-c2cc(N(C)C)c3c(c2O)C(=O)C2=C(O)[C@]4(O)C(=O)C(C(N)=O)=C(O)[C@@H](N(C)C)[C@@H]4C[C@@H]2C3)c1. The highest BCUT2D eigenvalue weighted by molar-refractivity contribution is 6.25. The Hall–Kier alpha value is -4.72. The zero-order valence-electron chi connectivity index (χ0n) is 27.3. The summed E-state index contributed by atoms with van der Waals surface area (Å²) in [7, 11) is 10.5. The average molecular weight is 648 g/mol. The van der Waals surface area contributed by atoms with Crippen molar-refractivity contribution in [1.82, 2.24) is 15.1 Å². The number of aliphatic hydroxyl groups is 3. The quantitative estimate of drug-likeness (QED) is 0.225. The Morgan fingerprint density at radius 2 is 1.72 bits per heavy atom. The van der Waals surface area contributed by atoms with Crippen LogP contribution in [0.3, 0.4) is 0 Å². The van der Waals surface area contributed by atoms with E-state index in [0.29, 0.717) is 35.5 Å². The number of carbonyl (C=O) groups excluding carboxylic acids is 4. The van der Waals surface area contributed by atoms with Crippen LogP contribution < -0.4 is 16.0 Å². The average Bonchev–Trinajstić information content (AvgIpc) is 2.98. The molecule has 3 aliphatic carbocycles. The molecule has 0 bridgehead atoms. The fourth-order valence-electron chi connectivity index (χ4n) is 7.24. The molecule has 250 valence electrons. The molecule has 2 aromatic carbocycles. The first-order chi connectivity index (χ1) is 22.0. The number of hydrogen-bond donors (Lipinski definition) is 6. The first-order valence-electron chi connectivity index (χ1n) is 15.3. The van der Waals surface area contributed by atoms with Gasteiger partial charge in [0, 0.05) is 55.5 Å². The number of benzene rings is 2. The third-order valence-electron chi connectivity index (χ3n) is 9.46. The normalized spacial score (nSPS) is 23.9. The number of rotatable bonds is 8. The van der Waals surface area contributed by atoms with Gasteiger partial charge in [-0.05, 0) is 76.3 Å². The van der Waals surface area contributed by atoms with Crippen LogP contribution in [0.1, 0.15) is 32.7 Å². The number of carbonyl (C=O) groups is 4. The van der Waals surface area contributed by atoms with Gasteiger partial charge in [-0.3, -0.25) is 24.1 Å². The summed E-state index contributed by atoms with van der Waals surface area (Å²) in [6.07, 6.45) is 0.149. The predicted molar refractivity (Wildman–Crippen MR) is 174 cm³/mol. The van der Waals surface area contributed by atoms with Crippen LogP contribution in [0.4, 0.5) is 5.69 Å². The monoisotopic (exact) mass is 647 g/mol. The second-order valence-electron chi connectivity index (χ2n) is 13.1. The van der Waals surface area contributed by atoms with E-state index in [1.54, 1.807) is 63.4 Å². The minimum Gasteiger partial charge on any atom is -0.510 e. The Balaban J connectivity index is 1.65. The summed E-state index contributed by atoms with van der Waals surface area (Å²) in [5, 5.41) is 49.1. The number of likely N-dealkylation sites (N-methyl/N-ethyl adjacent to an activating group) is 2. The molecular formula is C34H41N5O8. The van der Waals surface area contributed by atoms with E-state index in [0.717, 1.165) is 0 Å². The molecule has 5 rings (SSSR count). The Morgan fingerprint density at radius 1 is 1.04 bits per heavy atom. The molecule has 13 heteroatoms. The van der Waals surface area contributed by atoms with Crippen molar-refractivity contribution in [2.24, 2.45) is 17.6 Å². The van der Waals surface area contributed by atoms with Crippen LogP contribution in [0.2, 0.25) is 0 Å². The molecule has 0 heterocycles. The molecule has 0 aromatic heterocycles. The number of ketones is 2. The zero-order chi connectivity index (χ0) is 34.7. The molecule has 2 aromatic rings. The van der Waals surface area contributed by atoms with Crippen molar-refractivity contribution < 1.29 is 39.6 Å². The number of anilines is 1. The third kappa shape index (κ3) is 5.33. The lowest BCUT2D eigenvalue weighted by Gasteiger charge is -2.50. The topological polar surface area (TPSA) is 197 Å². The van der Waals surface area contributed by atoms with E-state index in [2.05, 4.69) is 5.32 Å². The van der Waals surface area contributed by atoms with E-state index in [9.17, 15) is 39.6 Å².